The summed E-state index contributed by atoms with van der Waals surface area (Å²) < 4.78 is 4.95. The van der Waals surface area contributed by atoms with Crippen LogP contribution < -0.4 is 0 Å². The van der Waals surface area contributed by atoms with Gasteiger partial charge in [0.15, 0.2) is 0 Å². The number of hydrogen-bond acceptors (Lipinski definition) is 3. The van der Waals surface area contributed by atoms with Crippen LogP contribution in [0.5, 0.6) is 0 Å². The molecule has 0 N–H and O–H groups in total. The molecule has 0 bridgehead atoms. The van der Waals surface area contributed by atoms with Gasteiger partial charge in [-0.05, 0) is 44.9 Å². The van der Waals surface area contributed by atoms with E-state index in [4.69, 9.17) is 4.74 Å². The Morgan fingerprint density at radius 1 is 0.500 bits per heavy atom. The minimum atomic E-state index is -0.346. The Morgan fingerprint density at radius 2 is 0.853 bits per heavy atom. The second kappa shape index (κ2) is 30.7. The van der Waals surface area contributed by atoms with Crippen molar-refractivity contribution in [1.29, 1.82) is 0 Å². The van der Waals surface area contributed by atoms with E-state index in [1.165, 1.54) is 83.5 Å². The molecule has 0 heterocycles. The summed E-state index contributed by atoms with van der Waals surface area (Å²) in [6.07, 6.45) is 33.5. The summed E-state index contributed by atoms with van der Waals surface area (Å²) in [7, 11) is 0. The monoisotopic (exact) mass is 486 g/mol. The van der Waals surface area contributed by atoms with Crippen molar-refractivity contribution in [2.75, 3.05) is 0 Å². The summed E-state index contributed by atoms with van der Waals surface area (Å²) >= 11 is 0. The Labute approximate surface area is 234 Å². The number of ether oxygens (including phenoxy) is 1. The van der Waals surface area contributed by atoms with E-state index in [1.54, 1.807) is 0 Å². The van der Waals surface area contributed by atoms with Crippen LogP contribution in [0.1, 0.15) is 155 Å². The summed E-state index contributed by atoms with van der Waals surface area (Å²) in [5, 5.41) is 0. The van der Waals surface area contributed by atoms with E-state index >= 15 is 0 Å². The molecule has 0 aromatic heterocycles. The standard InChI is InChI=1S/C30H54O3.Na.H/c1-3-5-7-9-11-13-14-15-16-17-18-20-22-24-26-28-30(32)33-29(31)27-25-23-21-19-12-10-8-6-4-2;;/h11,13,15-16H,3-10,12,14,17-28H2,1-2H3;;/b13-11-,16-15-;;. The Balaban J connectivity index is 0. The summed E-state index contributed by atoms with van der Waals surface area (Å²) in [5.41, 5.74) is 0. The first kappa shape index (κ1) is 35.8. The SMILES string of the molecule is CCCCC/C=C\C/C=C\CCCCCCCC(=O)OC(=O)CCCCCCCCCCC.[NaH]. The molecule has 0 fully saturated rings. The van der Waals surface area contributed by atoms with E-state index in [2.05, 4.69) is 38.2 Å². The summed E-state index contributed by atoms with van der Waals surface area (Å²) in [6, 6.07) is 0. The maximum absolute atomic E-state index is 11.8. The number of allylic oxidation sites excluding steroid dienone is 4. The average molecular weight is 487 g/mol. The van der Waals surface area contributed by atoms with E-state index in [0.717, 1.165) is 44.9 Å². The maximum atomic E-state index is 11.8. The number of unbranched alkanes of at least 4 members (excludes halogenated alkanes) is 16. The normalized spacial score (nSPS) is 11.2. The molecule has 0 saturated carbocycles. The molecular formula is C30H55NaO3. The summed E-state index contributed by atoms with van der Waals surface area (Å²) in [6.45, 7) is 4.48. The van der Waals surface area contributed by atoms with Gasteiger partial charge in [0, 0.05) is 12.8 Å². The fraction of sp³-hybridized carbons (Fsp3) is 0.800. The fourth-order valence-corrected chi connectivity index (χ4v) is 3.89. The van der Waals surface area contributed by atoms with Gasteiger partial charge in [0.2, 0.25) is 0 Å². The summed E-state index contributed by atoms with van der Waals surface area (Å²) in [4.78, 5) is 23.6. The molecule has 194 valence electrons. The van der Waals surface area contributed by atoms with Crippen molar-refractivity contribution in [2.45, 2.75) is 155 Å². The van der Waals surface area contributed by atoms with Crippen LogP contribution in [0.3, 0.4) is 0 Å². The molecule has 0 aliphatic rings. The predicted molar refractivity (Wildman–Crippen MR) is 149 cm³/mol. The third-order valence-corrected chi connectivity index (χ3v) is 6.04. The van der Waals surface area contributed by atoms with Crippen LogP contribution in [0.15, 0.2) is 24.3 Å². The number of carbonyl (C=O) groups excluding carboxylic acids is 2. The molecule has 0 aliphatic carbocycles. The predicted octanol–water partition coefficient (Wildman–Crippen LogP) is 9.14. The molecule has 0 amide bonds. The zero-order valence-corrected chi connectivity index (χ0v) is 22.1. The zero-order chi connectivity index (χ0) is 24.2. The molecule has 3 nitrogen and oxygen atoms in total. The van der Waals surface area contributed by atoms with Gasteiger partial charge in [-0.25, -0.2) is 0 Å². The van der Waals surface area contributed by atoms with Gasteiger partial charge in [-0.15, -0.1) is 0 Å². The van der Waals surface area contributed by atoms with Gasteiger partial charge in [0.25, 0.3) is 0 Å². The second-order valence-corrected chi connectivity index (χ2v) is 9.41. The number of hydrogen-bond donors (Lipinski definition) is 0. The third kappa shape index (κ3) is 29.7. The molecule has 0 aromatic rings. The van der Waals surface area contributed by atoms with Crippen LogP contribution >= 0.6 is 0 Å². The molecule has 0 spiro atoms. The molecule has 0 unspecified atom stereocenters. The van der Waals surface area contributed by atoms with E-state index in [9.17, 15) is 9.59 Å². The number of rotatable bonds is 24. The molecular weight excluding hydrogens is 431 g/mol. The third-order valence-electron chi connectivity index (χ3n) is 6.04. The molecule has 0 atom stereocenters. The van der Waals surface area contributed by atoms with E-state index in [0.29, 0.717) is 12.8 Å². The van der Waals surface area contributed by atoms with Crippen molar-refractivity contribution in [3.05, 3.63) is 24.3 Å². The fourth-order valence-electron chi connectivity index (χ4n) is 3.89. The molecule has 0 saturated heterocycles. The molecule has 0 rings (SSSR count). The van der Waals surface area contributed by atoms with E-state index in [-0.39, 0.29) is 41.5 Å². The quantitative estimate of drug-likeness (QED) is 0.0449. The number of esters is 2. The molecule has 0 aliphatic heterocycles. The van der Waals surface area contributed by atoms with Crippen molar-refractivity contribution in [3.8, 4) is 0 Å². The molecule has 34 heavy (non-hydrogen) atoms. The van der Waals surface area contributed by atoms with Gasteiger partial charge < -0.3 is 4.74 Å². The first-order valence-electron chi connectivity index (χ1n) is 14.2. The van der Waals surface area contributed by atoms with Crippen LogP contribution in [0.25, 0.3) is 0 Å². The van der Waals surface area contributed by atoms with Gasteiger partial charge in [0.1, 0.15) is 0 Å². The van der Waals surface area contributed by atoms with Gasteiger partial charge in [-0.3, -0.25) is 9.59 Å². The van der Waals surface area contributed by atoms with Crippen LogP contribution in [0.2, 0.25) is 0 Å². The first-order chi connectivity index (χ1) is 16.2. The van der Waals surface area contributed by atoms with Gasteiger partial charge in [0.05, 0.1) is 0 Å². The van der Waals surface area contributed by atoms with Gasteiger partial charge in [-0.2, -0.15) is 0 Å². The Bertz CT molecular complexity index is 499. The topological polar surface area (TPSA) is 43.4 Å². The Hall–Kier alpha value is -0.380. The van der Waals surface area contributed by atoms with Crippen molar-refractivity contribution >= 4 is 41.5 Å². The van der Waals surface area contributed by atoms with Crippen LogP contribution in [-0.4, -0.2) is 41.5 Å². The van der Waals surface area contributed by atoms with Crippen LogP contribution in [0.4, 0.5) is 0 Å². The van der Waals surface area contributed by atoms with Gasteiger partial charge >= 0.3 is 41.5 Å². The minimum absolute atomic E-state index is 0. The number of carbonyl (C=O) groups is 2. The first-order valence-corrected chi connectivity index (χ1v) is 14.2. The molecule has 0 radical (unpaired) electrons. The Morgan fingerprint density at radius 3 is 1.32 bits per heavy atom. The average Bonchev–Trinajstić information content (AvgIpc) is 2.80. The Kier molecular flexibility index (Phi) is 32.3. The summed E-state index contributed by atoms with van der Waals surface area (Å²) in [5.74, 6) is -0.688. The van der Waals surface area contributed by atoms with Crippen molar-refractivity contribution in [2.24, 2.45) is 0 Å². The van der Waals surface area contributed by atoms with Crippen LogP contribution in [0, 0.1) is 0 Å². The zero-order valence-electron chi connectivity index (χ0n) is 22.1. The van der Waals surface area contributed by atoms with Crippen molar-refractivity contribution < 1.29 is 14.3 Å². The van der Waals surface area contributed by atoms with Gasteiger partial charge in [-0.1, -0.05) is 122 Å². The van der Waals surface area contributed by atoms with Crippen molar-refractivity contribution in [1.82, 2.24) is 0 Å². The molecule has 4 heteroatoms. The van der Waals surface area contributed by atoms with E-state index in [1.807, 2.05) is 0 Å². The second-order valence-electron chi connectivity index (χ2n) is 9.41. The van der Waals surface area contributed by atoms with E-state index < -0.39 is 0 Å². The van der Waals surface area contributed by atoms with Crippen LogP contribution in [-0.2, 0) is 14.3 Å². The van der Waals surface area contributed by atoms with Crippen molar-refractivity contribution in [3.63, 3.8) is 0 Å². The molecule has 0 aromatic carbocycles.